The topological polar surface area (TPSA) is 64.4 Å². The summed E-state index contributed by atoms with van der Waals surface area (Å²) in [6.45, 7) is 0.879. The Morgan fingerprint density at radius 1 is 1.50 bits per heavy atom. The van der Waals surface area contributed by atoms with Gasteiger partial charge in [0.2, 0.25) is 0 Å². The van der Waals surface area contributed by atoms with Crippen molar-refractivity contribution in [2.75, 3.05) is 19.0 Å². The highest BCUT2D eigenvalue weighted by atomic mass is 16.6. The van der Waals surface area contributed by atoms with Gasteiger partial charge in [-0.25, -0.2) is 0 Å². The van der Waals surface area contributed by atoms with Gasteiger partial charge in [-0.05, 0) is 18.8 Å². The predicted molar refractivity (Wildman–Crippen MR) is 60.9 cm³/mol. The van der Waals surface area contributed by atoms with E-state index in [1.807, 2.05) is 0 Å². The van der Waals surface area contributed by atoms with Crippen molar-refractivity contribution in [1.82, 2.24) is 0 Å². The van der Waals surface area contributed by atoms with Crippen LogP contribution in [0.15, 0.2) is 18.2 Å². The SMILES string of the molecule is COc1cc(NCC2CC2)cc([N+](=O)[O-])c1. The standard InChI is InChI=1S/C11H14N2O3/c1-16-11-5-9(12-7-8-2-3-8)4-10(6-11)13(14)15/h4-6,8,12H,2-3,7H2,1H3. The summed E-state index contributed by atoms with van der Waals surface area (Å²) in [5.41, 5.74) is 0.801. The zero-order chi connectivity index (χ0) is 11.5. The third-order valence-corrected chi connectivity index (χ3v) is 2.63. The summed E-state index contributed by atoms with van der Waals surface area (Å²) >= 11 is 0. The maximum atomic E-state index is 10.7. The van der Waals surface area contributed by atoms with Crippen molar-refractivity contribution in [1.29, 1.82) is 0 Å². The molecule has 1 aliphatic carbocycles. The number of nitrogens with one attached hydrogen (secondary N) is 1. The monoisotopic (exact) mass is 222 g/mol. The van der Waals surface area contributed by atoms with E-state index in [0.29, 0.717) is 5.75 Å². The maximum Gasteiger partial charge on any atom is 0.275 e. The summed E-state index contributed by atoms with van der Waals surface area (Å²) in [4.78, 5) is 10.3. The molecule has 5 heteroatoms. The van der Waals surface area contributed by atoms with Gasteiger partial charge in [-0.1, -0.05) is 0 Å². The average Bonchev–Trinajstić information content (AvgIpc) is 3.09. The number of nitro benzene ring substituents is 1. The van der Waals surface area contributed by atoms with E-state index in [-0.39, 0.29) is 5.69 Å². The second-order valence-electron chi connectivity index (χ2n) is 4.00. The number of hydrogen-bond acceptors (Lipinski definition) is 4. The van der Waals surface area contributed by atoms with Crippen LogP contribution in [-0.2, 0) is 0 Å². The van der Waals surface area contributed by atoms with Crippen molar-refractivity contribution in [3.63, 3.8) is 0 Å². The molecule has 1 saturated carbocycles. The van der Waals surface area contributed by atoms with Gasteiger partial charge in [0.05, 0.1) is 18.1 Å². The van der Waals surface area contributed by atoms with Crippen LogP contribution in [0.3, 0.4) is 0 Å². The van der Waals surface area contributed by atoms with Crippen LogP contribution in [0.4, 0.5) is 11.4 Å². The van der Waals surface area contributed by atoms with E-state index >= 15 is 0 Å². The van der Waals surface area contributed by atoms with E-state index in [4.69, 9.17) is 4.74 Å². The molecule has 1 aromatic carbocycles. The zero-order valence-electron chi connectivity index (χ0n) is 9.10. The molecule has 0 saturated heterocycles. The summed E-state index contributed by atoms with van der Waals surface area (Å²) in [7, 11) is 1.50. The minimum absolute atomic E-state index is 0.0534. The van der Waals surface area contributed by atoms with E-state index in [0.717, 1.165) is 18.2 Å². The predicted octanol–water partition coefficient (Wildman–Crippen LogP) is 2.43. The van der Waals surface area contributed by atoms with E-state index < -0.39 is 4.92 Å². The molecule has 1 N–H and O–H groups in total. The number of hydrogen-bond donors (Lipinski definition) is 1. The fraction of sp³-hybridized carbons (Fsp3) is 0.455. The maximum absolute atomic E-state index is 10.7. The Kier molecular flexibility index (Phi) is 2.94. The van der Waals surface area contributed by atoms with Crippen molar-refractivity contribution < 1.29 is 9.66 Å². The number of anilines is 1. The minimum atomic E-state index is -0.412. The lowest BCUT2D eigenvalue weighted by molar-refractivity contribution is -0.384. The van der Waals surface area contributed by atoms with Crippen LogP contribution < -0.4 is 10.1 Å². The van der Waals surface area contributed by atoms with E-state index in [9.17, 15) is 10.1 Å². The lowest BCUT2D eigenvalue weighted by Gasteiger charge is -2.07. The van der Waals surface area contributed by atoms with Crippen LogP contribution in [0.5, 0.6) is 5.75 Å². The lowest BCUT2D eigenvalue weighted by atomic mass is 10.2. The Morgan fingerprint density at radius 3 is 2.81 bits per heavy atom. The van der Waals surface area contributed by atoms with Crippen molar-refractivity contribution in [2.24, 2.45) is 5.92 Å². The number of nitro groups is 1. The zero-order valence-corrected chi connectivity index (χ0v) is 9.10. The van der Waals surface area contributed by atoms with Crippen LogP contribution in [0.2, 0.25) is 0 Å². The second kappa shape index (κ2) is 4.38. The minimum Gasteiger partial charge on any atom is -0.496 e. The van der Waals surface area contributed by atoms with Crippen LogP contribution in [0, 0.1) is 16.0 Å². The van der Waals surface area contributed by atoms with E-state index in [1.54, 1.807) is 6.07 Å². The van der Waals surface area contributed by atoms with Crippen molar-refractivity contribution >= 4 is 11.4 Å². The first kappa shape index (κ1) is 10.7. The molecule has 0 amide bonds. The average molecular weight is 222 g/mol. The fourth-order valence-electron chi connectivity index (χ4n) is 1.49. The highest BCUT2D eigenvalue weighted by Crippen LogP contribution is 2.30. The molecule has 5 nitrogen and oxygen atoms in total. The summed E-state index contributed by atoms with van der Waals surface area (Å²) in [5, 5.41) is 13.9. The molecular formula is C11H14N2O3. The van der Waals surface area contributed by atoms with Gasteiger partial charge in [-0.3, -0.25) is 10.1 Å². The summed E-state index contributed by atoms with van der Waals surface area (Å²) in [5.74, 6) is 1.23. The summed E-state index contributed by atoms with van der Waals surface area (Å²) < 4.78 is 5.02. The molecule has 0 atom stereocenters. The van der Waals surface area contributed by atoms with Crippen LogP contribution in [0.25, 0.3) is 0 Å². The Balaban J connectivity index is 2.14. The third-order valence-electron chi connectivity index (χ3n) is 2.63. The van der Waals surface area contributed by atoms with Gasteiger partial charge in [0.25, 0.3) is 5.69 Å². The van der Waals surface area contributed by atoms with Gasteiger partial charge in [0.1, 0.15) is 5.75 Å². The van der Waals surface area contributed by atoms with Crippen molar-refractivity contribution in [3.05, 3.63) is 28.3 Å². The third kappa shape index (κ3) is 2.62. The molecule has 1 fully saturated rings. The molecule has 86 valence electrons. The number of non-ortho nitro benzene ring substituents is 1. The smallest absolute Gasteiger partial charge is 0.275 e. The first-order chi connectivity index (χ1) is 7.69. The largest absolute Gasteiger partial charge is 0.496 e. The Bertz CT molecular complexity index is 402. The second-order valence-corrected chi connectivity index (χ2v) is 4.00. The van der Waals surface area contributed by atoms with E-state index in [1.165, 1.54) is 32.1 Å². The molecule has 0 spiro atoms. The number of benzene rings is 1. The fourth-order valence-corrected chi connectivity index (χ4v) is 1.49. The van der Waals surface area contributed by atoms with E-state index in [2.05, 4.69) is 5.32 Å². The quantitative estimate of drug-likeness (QED) is 0.613. The molecule has 2 rings (SSSR count). The summed E-state index contributed by atoms with van der Waals surface area (Å²) in [6.07, 6.45) is 2.50. The molecule has 16 heavy (non-hydrogen) atoms. The number of rotatable bonds is 5. The van der Waals surface area contributed by atoms with Gasteiger partial charge in [0.15, 0.2) is 0 Å². The molecule has 0 bridgehead atoms. The highest BCUT2D eigenvalue weighted by Gasteiger charge is 2.21. The molecule has 0 unspecified atom stereocenters. The lowest BCUT2D eigenvalue weighted by Crippen LogP contribution is -2.03. The Morgan fingerprint density at radius 2 is 2.25 bits per heavy atom. The van der Waals surface area contributed by atoms with Crippen LogP contribution >= 0.6 is 0 Å². The molecule has 0 aromatic heterocycles. The molecule has 1 aromatic rings. The number of methoxy groups -OCH3 is 1. The number of ether oxygens (including phenoxy) is 1. The van der Waals surface area contributed by atoms with Crippen LogP contribution in [0.1, 0.15) is 12.8 Å². The van der Waals surface area contributed by atoms with Crippen molar-refractivity contribution in [2.45, 2.75) is 12.8 Å². The van der Waals surface area contributed by atoms with Gasteiger partial charge in [0, 0.05) is 24.4 Å². The Hall–Kier alpha value is -1.78. The summed E-state index contributed by atoms with van der Waals surface area (Å²) in [6, 6.07) is 4.72. The first-order valence-electron chi connectivity index (χ1n) is 5.26. The van der Waals surface area contributed by atoms with Crippen LogP contribution in [-0.4, -0.2) is 18.6 Å². The van der Waals surface area contributed by atoms with Gasteiger partial charge in [-0.15, -0.1) is 0 Å². The molecule has 0 radical (unpaired) electrons. The van der Waals surface area contributed by atoms with Gasteiger partial charge in [-0.2, -0.15) is 0 Å². The highest BCUT2D eigenvalue weighted by molar-refractivity contribution is 5.56. The molecule has 0 aliphatic heterocycles. The molecule has 1 aliphatic rings. The normalized spacial score (nSPS) is 14.6. The molecular weight excluding hydrogens is 208 g/mol. The number of nitrogens with zero attached hydrogens (tertiary/aromatic N) is 1. The molecule has 0 heterocycles. The first-order valence-corrected chi connectivity index (χ1v) is 5.26. The van der Waals surface area contributed by atoms with Gasteiger partial charge >= 0.3 is 0 Å². The van der Waals surface area contributed by atoms with Crippen molar-refractivity contribution in [3.8, 4) is 5.75 Å². The Labute approximate surface area is 93.6 Å². The van der Waals surface area contributed by atoms with Gasteiger partial charge < -0.3 is 10.1 Å².